The quantitative estimate of drug-likeness (QED) is 0.588. The number of hydrogen-bond acceptors (Lipinski definition) is 5. The van der Waals surface area contributed by atoms with E-state index >= 15 is 0 Å². The number of rotatable bonds is 4. The Balaban J connectivity index is 2.50. The van der Waals surface area contributed by atoms with Crippen molar-refractivity contribution >= 4 is 40.1 Å². The third-order valence-electron chi connectivity index (χ3n) is 2.89. The van der Waals surface area contributed by atoms with Crippen molar-refractivity contribution in [1.82, 2.24) is 4.90 Å². The lowest BCUT2D eigenvalue weighted by molar-refractivity contribution is -0.123. The van der Waals surface area contributed by atoms with Crippen LogP contribution < -0.4 is 0 Å². The molecule has 1 heterocycles. The molecule has 0 aliphatic carbocycles. The number of Topliss-reactive ketones (excluding diaryl/α,β-unsaturated/α-hetero) is 1. The van der Waals surface area contributed by atoms with E-state index in [1.165, 1.54) is 11.8 Å². The van der Waals surface area contributed by atoms with Crippen molar-refractivity contribution in [1.29, 1.82) is 0 Å². The van der Waals surface area contributed by atoms with Crippen LogP contribution in [-0.2, 0) is 9.53 Å². The maximum Gasteiger partial charge on any atom is 0.409 e. The van der Waals surface area contributed by atoms with Gasteiger partial charge in [0.25, 0.3) is 0 Å². The van der Waals surface area contributed by atoms with Gasteiger partial charge in [-0.2, -0.15) is 0 Å². The van der Waals surface area contributed by atoms with Crippen LogP contribution in [0.25, 0.3) is 0 Å². The summed E-state index contributed by atoms with van der Waals surface area (Å²) in [5, 5.41) is 0. The van der Waals surface area contributed by atoms with Gasteiger partial charge < -0.3 is 9.64 Å². The summed E-state index contributed by atoms with van der Waals surface area (Å²) in [4.78, 5) is 25.1. The number of carbonyl (C=O) groups excluding carboxylic acids is 2. The molecular weight excluding hydrogens is 270 g/mol. The molecule has 0 spiro atoms. The van der Waals surface area contributed by atoms with E-state index in [0.29, 0.717) is 30.3 Å². The molecule has 1 amide bonds. The largest absolute Gasteiger partial charge is 0.449 e. The third-order valence-corrected chi connectivity index (χ3v) is 4.36. The zero-order valence-electron chi connectivity index (χ0n) is 10.8. The Kier molecular flexibility index (Phi) is 6.63. The fraction of sp³-hybridized carbons (Fsp3) is 0.750. The Bertz CT molecular complexity index is 325. The van der Waals surface area contributed by atoms with Crippen molar-refractivity contribution in [3.05, 3.63) is 0 Å². The number of thiocarbonyl (C=S) groups is 1. The zero-order valence-corrected chi connectivity index (χ0v) is 12.4. The molecule has 4 nitrogen and oxygen atoms in total. The van der Waals surface area contributed by atoms with Crippen LogP contribution in [0.15, 0.2) is 0 Å². The van der Waals surface area contributed by atoms with E-state index in [1.807, 2.05) is 13.2 Å². The second-order valence-corrected chi connectivity index (χ2v) is 5.75. The van der Waals surface area contributed by atoms with E-state index in [1.54, 1.807) is 4.90 Å². The second-order valence-electron chi connectivity index (χ2n) is 4.21. The van der Waals surface area contributed by atoms with E-state index in [-0.39, 0.29) is 17.8 Å². The molecule has 1 aliphatic heterocycles. The highest BCUT2D eigenvalue weighted by molar-refractivity contribution is 8.22. The van der Waals surface area contributed by atoms with E-state index in [4.69, 9.17) is 17.0 Å². The van der Waals surface area contributed by atoms with Gasteiger partial charge in [-0.15, -0.1) is 11.8 Å². The van der Waals surface area contributed by atoms with Crippen molar-refractivity contribution in [2.24, 2.45) is 5.92 Å². The number of thioether (sulfide) groups is 1. The number of nitrogens with zero attached hydrogens (tertiary/aromatic N) is 1. The smallest absolute Gasteiger partial charge is 0.409 e. The van der Waals surface area contributed by atoms with Crippen LogP contribution in [-0.4, -0.2) is 46.9 Å². The Hall–Kier alpha value is -0.620. The van der Waals surface area contributed by atoms with E-state index in [9.17, 15) is 9.59 Å². The fourth-order valence-corrected chi connectivity index (χ4v) is 2.44. The molecule has 0 N–H and O–H groups in total. The Morgan fingerprint density at radius 2 is 2.33 bits per heavy atom. The third kappa shape index (κ3) is 4.24. The summed E-state index contributed by atoms with van der Waals surface area (Å²) in [6, 6.07) is 0. The molecule has 0 bridgehead atoms. The summed E-state index contributed by atoms with van der Waals surface area (Å²) < 4.78 is 5.80. The summed E-state index contributed by atoms with van der Waals surface area (Å²) in [5.41, 5.74) is 0. The number of unbranched alkanes of at least 4 members (excludes halogenated alkanes) is 1. The molecule has 1 unspecified atom stereocenters. The number of amides is 1. The Morgan fingerprint density at radius 3 is 2.94 bits per heavy atom. The number of carbonyl (C=O) groups is 2. The lowest BCUT2D eigenvalue weighted by atomic mass is 9.99. The van der Waals surface area contributed by atoms with Gasteiger partial charge >= 0.3 is 6.09 Å². The minimum atomic E-state index is -0.329. The highest BCUT2D eigenvalue weighted by Gasteiger charge is 2.32. The topological polar surface area (TPSA) is 46.6 Å². The van der Waals surface area contributed by atoms with Crippen LogP contribution in [0.4, 0.5) is 4.79 Å². The first-order valence-electron chi connectivity index (χ1n) is 6.12. The molecular formula is C12H19NO3S2. The van der Waals surface area contributed by atoms with E-state index in [0.717, 1.165) is 12.8 Å². The predicted octanol–water partition coefficient (Wildman–Crippen LogP) is 2.50. The number of piperidine rings is 1. The Labute approximate surface area is 117 Å². The Morgan fingerprint density at radius 1 is 1.61 bits per heavy atom. The number of ketones is 1. The standard InChI is InChI=1S/C12H19NO3S2/c1-3-4-7-16-12(15)13-6-5-10(14)9(8-13)11(17)18-2/h9H,3-8H2,1-2H3. The van der Waals surface area contributed by atoms with E-state index < -0.39 is 0 Å². The normalized spacial score (nSPS) is 19.8. The first-order valence-corrected chi connectivity index (χ1v) is 7.75. The van der Waals surface area contributed by atoms with Crippen LogP contribution >= 0.6 is 24.0 Å². The second kappa shape index (κ2) is 7.74. The van der Waals surface area contributed by atoms with Gasteiger partial charge in [0.2, 0.25) is 0 Å². The first-order chi connectivity index (χ1) is 8.60. The van der Waals surface area contributed by atoms with Crippen molar-refractivity contribution < 1.29 is 14.3 Å². The zero-order chi connectivity index (χ0) is 13.5. The minimum Gasteiger partial charge on any atom is -0.449 e. The number of hydrogen-bond donors (Lipinski definition) is 0. The van der Waals surface area contributed by atoms with Gasteiger partial charge in [0, 0.05) is 19.5 Å². The van der Waals surface area contributed by atoms with Crippen molar-refractivity contribution in [3.63, 3.8) is 0 Å². The molecule has 1 rings (SSSR count). The monoisotopic (exact) mass is 289 g/mol. The van der Waals surface area contributed by atoms with Crippen LogP contribution in [0.1, 0.15) is 26.2 Å². The predicted molar refractivity (Wildman–Crippen MR) is 77.1 cm³/mol. The molecule has 0 radical (unpaired) electrons. The molecule has 1 atom stereocenters. The molecule has 102 valence electrons. The van der Waals surface area contributed by atoms with Crippen LogP contribution in [0, 0.1) is 5.92 Å². The average Bonchev–Trinajstić information content (AvgIpc) is 2.38. The molecule has 0 aromatic carbocycles. The fourth-order valence-electron chi connectivity index (χ4n) is 1.74. The first kappa shape index (κ1) is 15.4. The van der Waals surface area contributed by atoms with Crippen molar-refractivity contribution in [3.8, 4) is 0 Å². The lowest BCUT2D eigenvalue weighted by Crippen LogP contribution is -2.46. The van der Waals surface area contributed by atoms with Gasteiger partial charge in [-0.25, -0.2) is 4.79 Å². The summed E-state index contributed by atoms with van der Waals surface area (Å²) in [5.74, 6) is -0.186. The van der Waals surface area contributed by atoms with Gasteiger partial charge in [0.15, 0.2) is 0 Å². The molecule has 6 heteroatoms. The van der Waals surface area contributed by atoms with Gasteiger partial charge in [-0.1, -0.05) is 25.6 Å². The van der Waals surface area contributed by atoms with Gasteiger partial charge in [0.1, 0.15) is 5.78 Å². The van der Waals surface area contributed by atoms with Crippen molar-refractivity contribution in [2.75, 3.05) is 26.0 Å². The molecule has 0 saturated carbocycles. The maximum absolute atomic E-state index is 11.8. The summed E-state index contributed by atoms with van der Waals surface area (Å²) in [6.07, 6.45) is 3.75. The van der Waals surface area contributed by atoms with Crippen LogP contribution in [0.5, 0.6) is 0 Å². The molecule has 0 aromatic heterocycles. The van der Waals surface area contributed by atoms with E-state index in [2.05, 4.69) is 0 Å². The summed E-state index contributed by atoms with van der Waals surface area (Å²) in [7, 11) is 0. The molecule has 1 aliphatic rings. The van der Waals surface area contributed by atoms with Gasteiger partial charge in [-0.05, 0) is 12.7 Å². The number of ether oxygens (including phenoxy) is 1. The molecule has 0 aromatic rings. The summed E-state index contributed by atoms with van der Waals surface area (Å²) >= 11 is 6.56. The highest BCUT2D eigenvalue weighted by atomic mass is 32.2. The highest BCUT2D eigenvalue weighted by Crippen LogP contribution is 2.20. The lowest BCUT2D eigenvalue weighted by Gasteiger charge is -2.30. The average molecular weight is 289 g/mol. The minimum absolute atomic E-state index is 0.131. The van der Waals surface area contributed by atoms with Crippen LogP contribution in [0.3, 0.4) is 0 Å². The summed E-state index contributed by atoms with van der Waals surface area (Å²) in [6.45, 7) is 3.29. The van der Waals surface area contributed by atoms with Gasteiger partial charge in [-0.3, -0.25) is 4.79 Å². The van der Waals surface area contributed by atoms with Crippen LogP contribution in [0.2, 0.25) is 0 Å². The number of likely N-dealkylation sites (tertiary alicyclic amines) is 1. The SMILES string of the molecule is CCCCOC(=O)N1CCC(=O)C(C(=S)SC)C1. The molecule has 1 fully saturated rings. The van der Waals surface area contributed by atoms with Crippen molar-refractivity contribution in [2.45, 2.75) is 26.2 Å². The maximum atomic E-state index is 11.8. The molecule has 18 heavy (non-hydrogen) atoms. The molecule has 1 saturated heterocycles. The van der Waals surface area contributed by atoms with Gasteiger partial charge in [0.05, 0.1) is 16.7 Å².